The van der Waals surface area contributed by atoms with Crippen LogP contribution < -0.4 is 5.32 Å². The lowest BCUT2D eigenvalue weighted by Gasteiger charge is -2.09. The van der Waals surface area contributed by atoms with Gasteiger partial charge in [0.2, 0.25) is 0 Å². The number of anilines is 1. The van der Waals surface area contributed by atoms with Crippen molar-refractivity contribution in [2.75, 3.05) is 18.5 Å². The predicted octanol–water partition coefficient (Wildman–Crippen LogP) is 1.70. The summed E-state index contributed by atoms with van der Waals surface area (Å²) >= 11 is 11.8. The molecule has 2 rings (SSSR count). The quantitative estimate of drug-likeness (QED) is 0.798. The highest BCUT2D eigenvalue weighted by Gasteiger charge is 2.06. The second kappa shape index (κ2) is 5.67. The van der Waals surface area contributed by atoms with Gasteiger partial charge in [0.15, 0.2) is 0 Å². The van der Waals surface area contributed by atoms with Gasteiger partial charge in [0, 0.05) is 6.54 Å². The van der Waals surface area contributed by atoms with Crippen LogP contribution in [0, 0.1) is 0 Å². The fourth-order valence-electron chi connectivity index (χ4n) is 1.38. The zero-order chi connectivity index (χ0) is 13.1. The average molecular weight is 288 g/mol. The summed E-state index contributed by atoms with van der Waals surface area (Å²) in [7, 11) is 0. The van der Waals surface area contributed by atoms with Crippen LogP contribution in [0.15, 0.2) is 18.3 Å². The topological polar surface area (TPSA) is 78.3 Å². The van der Waals surface area contributed by atoms with E-state index >= 15 is 0 Å². The average Bonchev–Trinajstić information content (AvgIpc) is 2.37. The molecule has 2 aromatic rings. The van der Waals surface area contributed by atoms with Crippen LogP contribution in [0.4, 0.5) is 5.82 Å². The van der Waals surface area contributed by atoms with E-state index in [9.17, 15) is 5.11 Å². The summed E-state index contributed by atoms with van der Waals surface area (Å²) in [5.41, 5.74) is 1.24. The molecule has 1 heterocycles. The Labute approximate surface area is 113 Å². The summed E-state index contributed by atoms with van der Waals surface area (Å²) < 4.78 is 0. The number of rotatable bonds is 4. The van der Waals surface area contributed by atoms with Crippen molar-refractivity contribution in [3.8, 4) is 0 Å². The molecule has 1 atom stereocenters. The van der Waals surface area contributed by atoms with Crippen LogP contribution >= 0.6 is 23.2 Å². The summed E-state index contributed by atoms with van der Waals surface area (Å²) in [6, 6.07) is 3.26. The van der Waals surface area contributed by atoms with Gasteiger partial charge in [0.25, 0.3) is 0 Å². The van der Waals surface area contributed by atoms with Gasteiger partial charge in [-0.15, -0.1) is 0 Å². The molecule has 18 heavy (non-hydrogen) atoms. The molecule has 0 aliphatic heterocycles. The number of nitrogens with zero attached hydrogens (tertiary/aromatic N) is 2. The van der Waals surface area contributed by atoms with Crippen molar-refractivity contribution >= 4 is 40.1 Å². The Kier molecular flexibility index (Phi) is 4.19. The van der Waals surface area contributed by atoms with Crippen molar-refractivity contribution in [1.29, 1.82) is 0 Å². The summed E-state index contributed by atoms with van der Waals surface area (Å²) in [5.74, 6) is 0.494. The van der Waals surface area contributed by atoms with Crippen LogP contribution in [-0.4, -0.2) is 39.4 Å². The van der Waals surface area contributed by atoms with E-state index in [-0.39, 0.29) is 13.2 Å². The minimum atomic E-state index is -0.837. The van der Waals surface area contributed by atoms with Gasteiger partial charge in [-0.25, -0.2) is 4.98 Å². The first-order valence-electron chi connectivity index (χ1n) is 5.24. The van der Waals surface area contributed by atoms with E-state index in [2.05, 4.69) is 15.3 Å². The van der Waals surface area contributed by atoms with Gasteiger partial charge in [-0.2, -0.15) is 0 Å². The highest BCUT2D eigenvalue weighted by atomic mass is 35.5. The predicted molar refractivity (Wildman–Crippen MR) is 71.1 cm³/mol. The van der Waals surface area contributed by atoms with Crippen LogP contribution in [0.3, 0.4) is 0 Å². The van der Waals surface area contributed by atoms with Gasteiger partial charge in [-0.05, 0) is 12.1 Å². The molecule has 7 heteroatoms. The number of fused-ring (bicyclic) bond motifs is 1. The molecule has 5 nitrogen and oxygen atoms in total. The van der Waals surface area contributed by atoms with E-state index in [0.717, 1.165) is 0 Å². The van der Waals surface area contributed by atoms with Crippen LogP contribution in [-0.2, 0) is 0 Å². The fourth-order valence-corrected chi connectivity index (χ4v) is 1.70. The Balaban J connectivity index is 2.24. The van der Waals surface area contributed by atoms with Crippen LogP contribution in [0.5, 0.6) is 0 Å². The van der Waals surface area contributed by atoms with Crippen molar-refractivity contribution in [1.82, 2.24) is 9.97 Å². The van der Waals surface area contributed by atoms with Crippen molar-refractivity contribution < 1.29 is 10.2 Å². The maximum atomic E-state index is 9.21. The fraction of sp³-hybridized carbons (Fsp3) is 0.273. The summed E-state index contributed by atoms with van der Waals surface area (Å²) in [5, 5.41) is 21.6. The number of halogens is 2. The number of hydrogen-bond acceptors (Lipinski definition) is 5. The van der Waals surface area contributed by atoms with Gasteiger partial charge in [-0.3, -0.25) is 4.98 Å². The largest absolute Gasteiger partial charge is 0.394 e. The molecule has 0 amide bonds. The summed E-state index contributed by atoms with van der Waals surface area (Å²) in [6.45, 7) is -0.118. The van der Waals surface area contributed by atoms with E-state index in [0.29, 0.717) is 26.9 Å². The number of benzene rings is 1. The number of aliphatic hydroxyl groups is 2. The number of aliphatic hydroxyl groups excluding tert-OH is 2. The van der Waals surface area contributed by atoms with Crippen molar-refractivity contribution in [3.63, 3.8) is 0 Å². The third-order valence-electron chi connectivity index (χ3n) is 2.31. The molecule has 0 fully saturated rings. The van der Waals surface area contributed by atoms with Crippen LogP contribution in [0.1, 0.15) is 0 Å². The molecule has 96 valence electrons. The lowest BCUT2D eigenvalue weighted by Crippen LogP contribution is -2.23. The smallest absolute Gasteiger partial charge is 0.145 e. The van der Waals surface area contributed by atoms with E-state index in [1.807, 2.05) is 0 Å². The van der Waals surface area contributed by atoms with Crippen LogP contribution in [0.25, 0.3) is 11.0 Å². The molecule has 0 aliphatic carbocycles. The van der Waals surface area contributed by atoms with E-state index in [1.165, 1.54) is 6.20 Å². The highest BCUT2D eigenvalue weighted by molar-refractivity contribution is 6.42. The molecule has 0 radical (unpaired) electrons. The van der Waals surface area contributed by atoms with E-state index < -0.39 is 6.10 Å². The SMILES string of the molecule is OC[C@@H](O)CNc1cnc2cc(Cl)c(Cl)cc2n1. The Hall–Kier alpha value is -1.14. The van der Waals surface area contributed by atoms with E-state index in [1.54, 1.807) is 12.1 Å². The maximum Gasteiger partial charge on any atom is 0.145 e. The molecule has 0 saturated heterocycles. The van der Waals surface area contributed by atoms with Gasteiger partial charge in [0.05, 0.1) is 40.0 Å². The monoisotopic (exact) mass is 287 g/mol. The minimum Gasteiger partial charge on any atom is -0.394 e. The number of hydrogen-bond donors (Lipinski definition) is 3. The molecular formula is C11H11Cl2N3O2. The zero-order valence-corrected chi connectivity index (χ0v) is 10.8. The van der Waals surface area contributed by atoms with Crippen molar-refractivity contribution in [2.45, 2.75) is 6.10 Å². The normalized spacial score (nSPS) is 12.7. The molecule has 3 N–H and O–H groups in total. The second-order valence-corrected chi connectivity index (χ2v) is 4.54. The number of nitrogens with one attached hydrogen (secondary N) is 1. The highest BCUT2D eigenvalue weighted by Crippen LogP contribution is 2.26. The Morgan fingerprint density at radius 1 is 1.22 bits per heavy atom. The van der Waals surface area contributed by atoms with Gasteiger partial charge >= 0.3 is 0 Å². The molecule has 1 aromatic heterocycles. The standard InChI is InChI=1S/C11H11Cl2N3O2/c12-7-1-9-10(2-8(7)13)16-11(4-14-9)15-3-6(18)5-17/h1-2,4,6,17-18H,3,5H2,(H,15,16)/t6-/m0/s1. The lowest BCUT2D eigenvalue weighted by molar-refractivity contribution is 0.105. The second-order valence-electron chi connectivity index (χ2n) is 3.73. The van der Waals surface area contributed by atoms with Gasteiger partial charge in [0.1, 0.15) is 5.82 Å². The third kappa shape index (κ3) is 3.00. The Morgan fingerprint density at radius 3 is 2.56 bits per heavy atom. The van der Waals surface area contributed by atoms with Crippen LogP contribution in [0.2, 0.25) is 10.0 Å². The molecule has 0 aliphatic rings. The third-order valence-corrected chi connectivity index (χ3v) is 3.04. The van der Waals surface area contributed by atoms with Gasteiger partial charge in [-0.1, -0.05) is 23.2 Å². The molecule has 0 unspecified atom stereocenters. The lowest BCUT2D eigenvalue weighted by atomic mass is 10.3. The van der Waals surface area contributed by atoms with Crippen molar-refractivity contribution in [2.24, 2.45) is 0 Å². The molecular weight excluding hydrogens is 277 g/mol. The summed E-state index contributed by atoms with van der Waals surface area (Å²) in [6.07, 6.45) is 0.688. The number of aromatic nitrogens is 2. The zero-order valence-electron chi connectivity index (χ0n) is 9.27. The Morgan fingerprint density at radius 2 is 1.89 bits per heavy atom. The first-order chi connectivity index (χ1) is 8.60. The summed E-state index contributed by atoms with van der Waals surface area (Å²) in [4.78, 5) is 8.45. The van der Waals surface area contributed by atoms with Crippen molar-refractivity contribution in [3.05, 3.63) is 28.4 Å². The molecule has 1 aromatic carbocycles. The first-order valence-corrected chi connectivity index (χ1v) is 6.00. The van der Waals surface area contributed by atoms with E-state index in [4.69, 9.17) is 28.3 Å². The molecule has 0 bridgehead atoms. The Bertz CT molecular complexity index is 565. The first kappa shape index (κ1) is 13.3. The maximum absolute atomic E-state index is 9.21. The molecule has 0 spiro atoms. The van der Waals surface area contributed by atoms with Gasteiger partial charge < -0.3 is 15.5 Å². The minimum absolute atomic E-state index is 0.192. The molecule has 0 saturated carbocycles.